The number of fused-ring (bicyclic) bond motifs is 1. The lowest BCUT2D eigenvalue weighted by atomic mass is 10.1. The van der Waals surface area contributed by atoms with Gasteiger partial charge < -0.3 is 15.0 Å². The zero-order chi connectivity index (χ0) is 19.7. The van der Waals surface area contributed by atoms with Crippen molar-refractivity contribution in [3.8, 4) is 5.75 Å². The minimum absolute atomic E-state index is 0.0659. The van der Waals surface area contributed by atoms with E-state index in [0.717, 1.165) is 0 Å². The van der Waals surface area contributed by atoms with Gasteiger partial charge in [0.15, 0.2) is 6.10 Å². The second kappa shape index (κ2) is 7.79. The standard InChI is InChI=1S/C20H20Cl2N2O3/c1-11(2)10-24-17-7-5-14(9-18(17)27-12(3)20(24)26)23-19(25)13-4-6-15(21)16(22)8-13/h4-9,11-12H,10H2,1-3H3,(H,23,25). The van der Waals surface area contributed by atoms with Crippen LogP contribution in [0.15, 0.2) is 36.4 Å². The Morgan fingerprint density at radius 1 is 1.19 bits per heavy atom. The summed E-state index contributed by atoms with van der Waals surface area (Å²) in [4.78, 5) is 26.6. The fourth-order valence-corrected chi connectivity index (χ4v) is 3.18. The number of nitrogens with zero attached hydrogens (tertiary/aromatic N) is 1. The molecule has 1 aliphatic heterocycles. The van der Waals surface area contributed by atoms with Crippen molar-refractivity contribution < 1.29 is 14.3 Å². The van der Waals surface area contributed by atoms with Gasteiger partial charge in [-0.3, -0.25) is 9.59 Å². The summed E-state index contributed by atoms with van der Waals surface area (Å²) >= 11 is 11.9. The number of nitrogens with one attached hydrogen (secondary N) is 1. The molecule has 0 radical (unpaired) electrons. The Bertz CT molecular complexity index is 899. The Kier molecular flexibility index (Phi) is 5.63. The van der Waals surface area contributed by atoms with Gasteiger partial charge in [-0.15, -0.1) is 0 Å². The smallest absolute Gasteiger partial charge is 0.267 e. The Labute approximate surface area is 168 Å². The van der Waals surface area contributed by atoms with Gasteiger partial charge in [-0.25, -0.2) is 0 Å². The number of halogens is 2. The molecule has 0 saturated carbocycles. The van der Waals surface area contributed by atoms with Gasteiger partial charge in [-0.2, -0.15) is 0 Å². The highest BCUT2D eigenvalue weighted by Crippen LogP contribution is 2.37. The second-order valence-corrected chi connectivity index (χ2v) is 7.68. The van der Waals surface area contributed by atoms with E-state index < -0.39 is 6.10 Å². The average Bonchev–Trinajstić information content (AvgIpc) is 2.60. The molecule has 2 aromatic carbocycles. The summed E-state index contributed by atoms with van der Waals surface area (Å²) in [6.07, 6.45) is -0.572. The first-order chi connectivity index (χ1) is 12.8. The summed E-state index contributed by atoms with van der Waals surface area (Å²) in [5, 5.41) is 3.52. The highest BCUT2D eigenvalue weighted by atomic mass is 35.5. The first kappa shape index (κ1) is 19.5. The summed E-state index contributed by atoms with van der Waals surface area (Å²) in [7, 11) is 0. The lowest BCUT2D eigenvalue weighted by Gasteiger charge is -2.34. The lowest BCUT2D eigenvalue weighted by molar-refractivity contribution is -0.125. The third-order valence-electron chi connectivity index (χ3n) is 4.16. The minimum atomic E-state index is -0.572. The summed E-state index contributed by atoms with van der Waals surface area (Å²) in [6, 6.07) is 9.94. The van der Waals surface area contributed by atoms with E-state index in [4.69, 9.17) is 27.9 Å². The number of hydrogen-bond acceptors (Lipinski definition) is 3. The molecule has 1 aliphatic rings. The highest BCUT2D eigenvalue weighted by Gasteiger charge is 2.32. The first-order valence-corrected chi connectivity index (χ1v) is 9.40. The van der Waals surface area contributed by atoms with Crippen molar-refractivity contribution in [3.05, 3.63) is 52.0 Å². The maximum absolute atomic E-state index is 12.5. The average molecular weight is 407 g/mol. The number of rotatable bonds is 4. The Balaban J connectivity index is 1.85. The topological polar surface area (TPSA) is 58.6 Å². The molecule has 2 amide bonds. The predicted octanol–water partition coefficient (Wildman–Crippen LogP) is 5.02. The van der Waals surface area contributed by atoms with Gasteiger partial charge in [0.1, 0.15) is 5.75 Å². The van der Waals surface area contributed by atoms with Gasteiger partial charge in [0.05, 0.1) is 15.7 Å². The molecule has 0 bridgehead atoms. The van der Waals surface area contributed by atoms with Crippen LogP contribution in [0.4, 0.5) is 11.4 Å². The van der Waals surface area contributed by atoms with Gasteiger partial charge in [-0.05, 0) is 43.2 Å². The molecule has 0 spiro atoms. The SMILES string of the molecule is CC(C)CN1C(=O)C(C)Oc2cc(NC(=O)c3ccc(Cl)c(Cl)c3)ccc21. The van der Waals surface area contributed by atoms with E-state index in [0.29, 0.717) is 45.2 Å². The Morgan fingerprint density at radius 3 is 2.59 bits per heavy atom. The van der Waals surface area contributed by atoms with Gasteiger partial charge in [0.2, 0.25) is 0 Å². The van der Waals surface area contributed by atoms with Crippen molar-refractivity contribution in [3.63, 3.8) is 0 Å². The third kappa shape index (κ3) is 4.20. The molecule has 0 saturated heterocycles. The van der Waals surface area contributed by atoms with E-state index >= 15 is 0 Å². The molecule has 3 rings (SSSR count). The molecule has 27 heavy (non-hydrogen) atoms. The number of hydrogen-bond donors (Lipinski definition) is 1. The largest absolute Gasteiger partial charge is 0.479 e. The van der Waals surface area contributed by atoms with E-state index in [9.17, 15) is 9.59 Å². The molecular formula is C20H20Cl2N2O3. The molecule has 5 nitrogen and oxygen atoms in total. The molecule has 0 aliphatic carbocycles. The van der Waals surface area contributed by atoms with Crippen molar-refractivity contribution in [2.45, 2.75) is 26.9 Å². The van der Waals surface area contributed by atoms with Crippen LogP contribution in [-0.2, 0) is 4.79 Å². The van der Waals surface area contributed by atoms with Gasteiger partial charge in [0, 0.05) is 23.9 Å². The molecule has 142 valence electrons. The number of ether oxygens (including phenoxy) is 1. The van der Waals surface area contributed by atoms with Gasteiger partial charge in [0.25, 0.3) is 11.8 Å². The summed E-state index contributed by atoms with van der Waals surface area (Å²) in [5.41, 5.74) is 1.67. The molecular weight excluding hydrogens is 387 g/mol. The van der Waals surface area contributed by atoms with Crippen molar-refractivity contribution >= 4 is 46.4 Å². The number of amides is 2. The van der Waals surface area contributed by atoms with E-state index in [2.05, 4.69) is 19.2 Å². The number of benzene rings is 2. The van der Waals surface area contributed by atoms with Crippen LogP contribution in [0.2, 0.25) is 10.0 Å². The fourth-order valence-electron chi connectivity index (χ4n) is 2.88. The molecule has 1 heterocycles. The van der Waals surface area contributed by atoms with Crippen LogP contribution in [0.5, 0.6) is 5.75 Å². The molecule has 0 aromatic heterocycles. The Hall–Kier alpha value is -2.24. The quantitative estimate of drug-likeness (QED) is 0.775. The molecule has 1 N–H and O–H groups in total. The highest BCUT2D eigenvalue weighted by molar-refractivity contribution is 6.42. The van der Waals surface area contributed by atoms with Crippen LogP contribution in [0, 0.1) is 5.92 Å². The summed E-state index contributed by atoms with van der Waals surface area (Å²) < 4.78 is 5.74. The van der Waals surface area contributed by atoms with Gasteiger partial charge in [-0.1, -0.05) is 37.0 Å². The van der Waals surface area contributed by atoms with Crippen molar-refractivity contribution in [1.82, 2.24) is 0 Å². The van der Waals surface area contributed by atoms with Crippen molar-refractivity contribution in [1.29, 1.82) is 0 Å². The van der Waals surface area contributed by atoms with Crippen LogP contribution in [0.25, 0.3) is 0 Å². The molecule has 1 unspecified atom stereocenters. The monoisotopic (exact) mass is 406 g/mol. The fraction of sp³-hybridized carbons (Fsp3) is 0.300. The lowest BCUT2D eigenvalue weighted by Crippen LogP contribution is -2.46. The zero-order valence-electron chi connectivity index (χ0n) is 15.3. The third-order valence-corrected chi connectivity index (χ3v) is 4.89. The van der Waals surface area contributed by atoms with E-state index in [-0.39, 0.29) is 11.8 Å². The maximum Gasteiger partial charge on any atom is 0.267 e. The number of carbonyl (C=O) groups excluding carboxylic acids is 2. The van der Waals surface area contributed by atoms with E-state index in [1.165, 1.54) is 6.07 Å². The van der Waals surface area contributed by atoms with Crippen LogP contribution in [0.3, 0.4) is 0 Å². The minimum Gasteiger partial charge on any atom is -0.479 e. The number of anilines is 2. The van der Waals surface area contributed by atoms with Crippen LogP contribution >= 0.6 is 23.2 Å². The second-order valence-electron chi connectivity index (χ2n) is 6.87. The summed E-state index contributed by atoms with van der Waals surface area (Å²) in [5.74, 6) is 0.507. The predicted molar refractivity (Wildman–Crippen MR) is 108 cm³/mol. The molecule has 0 fully saturated rings. The van der Waals surface area contributed by atoms with Crippen molar-refractivity contribution in [2.75, 3.05) is 16.8 Å². The van der Waals surface area contributed by atoms with Crippen LogP contribution in [-0.4, -0.2) is 24.5 Å². The van der Waals surface area contributed by atoms with Crippen LogP contribution < -0.4 is 15.0 Å². The molecule has 2 aromatic rings. The van der Waals surface area contributed by atoms with Crippen molar-refractivity contribution in [2.24, 2.45) is 5.92 Å². The van der Waals surface area contributed by atoms with E-state index in [1.54, 1.807) is 42.2 Å². The van der Waals surface area contributed by atoms with Gasteiger partial charge >= 0.3 is 0 Å². The molecule has 1 atom stereocenters. The summed E-state index contributed by atoms with van der Waals surface area (Å²) in [6.45, 7) is 6.44. The Morgan fingerprint density at radius 2 is 1.93 bits per heavy atom. The first-order valence-electron chi connectivity index (χ1n) is 8.64. The number of carbonyl (C=O) groups is 2. The molecule has 7 heteroatoms. The maximum atomic E-state index is 12.5. The van der Waals surface area contributed by atoms with E-state index in [1.807, 2.05) is 0 Å². The van der Waals surface area contributed by atoms with Crippen LogP contribution in [0.1, 0.15) is 31.1 Å². The normalized spacial score (nSPS) is 16.1. The zero-order valence-corrected chi connectivity index (χ0v) is 16.8.